The second kappa shape index (κ2) is 31.2. The van der Waals surface area contributed by atoms with Gasteiger partial charge in [-0.3, -0.25) is 25.5 Å². The minimum atomic E-state index is -0.240. The van der Waals surface area contributed by atoms with E-state index >= 15 is 0 Å². The largest absolute Gasteiger partial charge is 0.496 e. The number of ether oxygens (including phenoxy) is 1. The Bertz CT molecular complexity index is 5710. The SMILES string of the molecule is [C-]#[N+]C1=C(C(C)C)Nc2[nH]ncc2C1c1cccc2nonc12.[C-]#[N+]C1=C(C(C)C)Nc2[nH]ncc2C1c1ccccc1OC.[C-]#[N+]C1=C(C2CC2)Nc2[nH]ncc2C1c1cccc(C#N)c1Br.[C-]#[N+]C1=C(C2CC2)Nc2[nH]ncc2C1c1ccccc1Br.[C-]#[N+]C1=C(C2CC2)Nc2[nH]ncc2C1c1ccccc1Cl. The number of H-pyrrole nitrogens is 5. The quantitative estimate of drug-likeness (QED) is 0.0539. The number of rotatable bonds is 11. The summed E-state index contributed by atoms with van der Waals surface area (Å²) in [7, 11) is 1.65. The Labute approximate surface area is 655 Å². The number of hydrogen-bond acceptors (Lipinski definition) is 15. The molecule has 11 heterocycles. The van der Waals surface area contributed by atoms with Crippen LogP contribution in [-0.2, 0) is 0 Å². The van der Waals surface area contributed by atoms with Gasteiger partial charge in [0.1, 0.15) is 51.9 Å². The number of nitrogens with one attached hydrogen (secondary N) is 10. The van der Waals surface area contributed by atoms with E-state index in [0.29, 0.717) is 56.5 Å². The molecule has 110 heavy (non-hydrogen) atoms. The fourth-order valence-electron chi connectivity index (χ4n) is 15.0. The van der Waals surface area contributed by atoms with Crippen LogP contribution in [0.15, 0.2) is 211 Å². The van der Waals surface area contributed by atoms with E-state index < -0.39 is 0 Å². The van der Waals surface area contributed by atoms with Crippen LogP contribution >= 0.6 is 43.5 Å². The van der Waals surface area contributed by atoms with Crippen molar-refractivity contribution >= 4 is 83.6 Å². The molecule has 546 valence electrons. The topological polar surface area (TPSA) is 297 Å². The molecule has 0 spiro atoms. The van der Waals surface area contributed by atoms with Gasteiger partial charge in [-0.15, -0.1) is 0 Å². The Morgan fingerprint density at radius 2 is 0.818 bits per heavy atom. The first-order valence-corrected chi connectivity index (χ1v) is 37.8. The van der Waals surface area contributed by atoms with Crippen LogP contribution in [0.4, 0.5) is 29.1 Å². The van der Waals surface area contributed by atoms with Crippen molar-refractivity contribution in [2.75, 3.05) is 33.7 Å². The maximum atomic E-state index is 9.29. The van der Waals surface area contributed by atoms with E-state index in [4.69, 9.17) is 53.8 Å². The molecule has 8 aliphatic rings. The lowest BCUT2D eigenvalue weighted by Gasteiger charge is -2.28. The monoisotopic (exact) mass is 1600 g/mol. The van der Waals surface area contributed by atoms with Crippen LogP contribution in [0.2, 0.25) is 5.02 Å². The zero-order valence-corrected chi connectivity index (χ0v) is 64.0. The number of benzene rings is 5. The van der Waals surface area contributed by atoms with Crippen molar-refractivity contribution in [3.05, 3.63) is 329 Å². The number of nitriles is 1. The molecule has 3 fully saturated rings. The van der Waals surface area contributed by atoms with Crippen molar-refractivity contribution in [1.82, 2.24) is 61.3 Å². The lowest BCUT2D eigenvalue weighted by molar-refractivity contribution is 0.315. The first kappa shape index (κ1) is 72.8. The number of para-hydroxylation sites is 1. The number of halogens is 3. The lowest BCUT2D eigenvalue weighted by atomic mass is 9.84. The molecule has 5 aromatic carbocycles. The summed E-state index contributed by atoms with van der Waals surface area (Å²) in [5, 5.41) is 70.3. The fourth-order valence-corrected chi connectivity index (χ4v) is 16.3. The van der Waals surface area contributed by atoms with Crippen LogP contribution in [0.3, 0.4) is 0 Å². The Morgan fingerprint density at radius 1 is 0.445 bits per heavy atom. The highest BCUT2D eigenvalue weighted by molar-refractivity contribution is 9.10. The Balaban J connectivity index is 0.000000109. The third kappa shape index (κ3) is 13.8. The van der Waals surface area contributed by atoms with Gasteiger partial charge in [0, 0.05) is 70.3 Å². The fraction of sp³-hybridized carbons (Fsp3) is 0.256. The molecule has 5 unspecified atom stereocenters. The van der Waals surface area contributed by atoms with Crippen LogP contribution in [0.1, 0.15) is 157 Å². The van der Waals surface area contributed by atoms with Gasteiger partial charge in [-0.1, -0.05) is 134 Å². The van der Waals surface area contributed by atoms with Gasteiger partial charge in [-0.25, -0.2) is 28.9 Å². The van der Waals surface area contributed by atoms with Crippen LogP contribution in [0.5, 0.6) is 5.75 Å². The molecule has 0 radical (unpaired) electrons. The summed E-state index contributed by atoms with van der Waals surface area (Å²) in [4.78, 5) is 19.2. The van der Waals surface area contributed by atoms with Gasteiger partial charge in [0.05, 0.1) is 106 Å². The maximum absolute atomic E-state index is 9.29. The Morgan fingerprint density at radius 3 is 1.25 bits per heavy atom. The number of hydrogen-bond donors (Lipinski definition) is 10. The molecule has 6 aromatic heterocycles. The van der Waals surface area contributed by atoms with Gasteiger partial charge >= 0.3 is 0 Å². The van der Waals surface area contributed by atoms with Crippen molar-refractivity contribution in [2.45, 2.75) is 95.8 Å². The predicted molar refractivity (Wildman–Crippen MR) is 426 cm³/mol. The van der Waals surface area contributed by atoms with Crippen molar-refractivity contribution in [3.8, 4) is 11.8 Å². The third-order valence-corrected chi connectivity index (χ3v) is 22.6. The van der Waals surface area contributed by atoms with E-state index in [1.807, 2.05) is 103 Å². The normalized spacial score (nSPS) is 19.0. The molecular weight excluding hydrogens is 1530 g/mol. The van der Waals surface area contributed by atoms with E-state index in [0.717, 1.165) is 178 Å². The minimum Gasteiger partial charge on any atom is -0.496 e. The Kier molecular flexibility index (Phi) is 20.7. The zero-order chi connectivity index (χ0) is 76.4. The molecule has 25 nitrogen and oxygen atoms in total. The van der Waals surface area contributed by atoms with Gasteiger partial charge in [0.2, 0.25) is 0 Å². The summed E-state index contributed by atoms with van der Waals surface area (Å²) in [6.07, 6.45) is 15.7. The van der Waals surface area contributed by atoms with E-state index in [1.54, 1.807) is 38.0 Å². The highest BCUT2D eigenvalue weighted by atomic mass is 79.9. The molecule has 0 bridgehead atoms. The number of allylic oxidation sites excluding steroid dienone is 10. The summed E-state index contributed by atoms with van der Waals surface area (Å²) in [6.45, 7) is 46.7. The molecule has 3 saturated carbocycles. The van der Waals surface area contributed by atoms with E-state index in [9.17, 15) is 5.26 Å². The van der Waals surface area contributed by atoms with Crippen molar-refractivity contribution in [3.63, 3.8) is 0 Å². The lowest BCUT2D eigenvalue weighted by Crippen LogP contribution is -2.20. The predicted octanol–water partition coefficient (Wildman–Crippen LogP) is 19.6. The van der Waals surface area contributed by atoms with Gasteiger partial charge in [0.25, 0.3) is 0 Å². The summed E-state index contributed by atoms with van der Waals surface area (Å²) in [5.74, 6) is 6.10. The molecule has 19 rings (SSSR count). The molecule has 28 heteroatoms. The number of methoxy groups -OCH3 is 1. The number of fused-ring (bicyclic) bond motifs is 6. The standard InChI is InChI=1S/C17H12BrN5.C17H18N4O.C16H13BrN4.C16H13ClN4.C16H14N6O/c1-20-16-13(11-4-2-3-10(7-19)14(11)18)12-8-21-23-17(12)22-15(16)9-5-6-9;1-10(2)15-16(18-3)14(12-9-19-21-17(12)20-15)11-7-5-6-8-13(11)22-4;2*1-18-15-13(10-4-2-3-5-12(10)17)11-8-19-21-16(11)20-14(15)9-6-7-9;1-8(2)13-15(17-3)12(10-7-18-20-16(10)19-13)9-5-4-6-11-14(9)22-23-21-11/h2-4,8-9,13H,5-6H2,(H2,21,22,23);5-10,14H,1-2,4H3,(H2,19,20,21);2*2-5,8-9,13H,6-7H2,(H2,19,20,21);4-8,12H,1-2H3,(H2,18,19,20). The Hall–Kier alpha value is -12.8. The van der Waals surface area contributed by atoms with E-state index in [2.05, 4.69) is 184 Å². The highest BCUT2D eigenvalue weighted by Gasteiger charge is 2.43. The maximum Gasteiger partial charge on any atom is 0.196 e. The summed E-state index contributed by atoms with van der Waals surface area (Å²) >= 11 is 13.6. The average Bonchev–Trinajstić information content (AvgIpc) is 1.53. The summed E-state index contributed by atoms with van der Waals surface area (Å²) < 4.78 is 12.2. The average molecular weight is 1600 g/mol. The van der Waals surface area contributed by atoms with Gasteiger partial charge < -0.3 is 31.3 Å². The number of aromatic amines is 5. The molecule has 10 N–H and O–H groups in total. The van der Waals surface area contributed by atoms with Crippen LogP contribution in [0.25, 0.3) is 35.3 Å². The second-order valence-corrected chi connectivity index (χ2v) is 30.1. The first-order chi connectivity index (χ1) is 53.7. The van der Waals surface area contributed by atoms with Crippen LogP contribution < -0.4 is 31.3 Å². The third-order valence-electron chi connectivity index (χ3n) is 20.6. The van der Waals surface area contributed by atoms with Crippen LogP contribution in [0, 0.1) is 73.8 Å². The molecule has 3 aliphatic carbocycles. The smallest absolute Gasteiger partial charge is 0.196 e. The first-order valence-electron chi connectivity index (χ1n) is 35.8. The van der Waals surface area contributed by atoms with Crippen molar-refractivity contribution < 1.29 is 9.37 Å². The number of nitrogens with zero attached hydrogens (tertiary/aromatic N) is 13. The zero-order valence-electron chi connectivity index (χ0n) is 60.1. The van der Waals surface area contributed by atoms with Gasteiger partial charge in [-0.2, -0.15) is 30.8 Å². The second-order valence-electron chi connectivity index (χ2n) is 28.1. The van der Waals surface area contributed by atoms with E-state index in [-0.39, 0.29) is 41.4 Å². The molecule has 0 amide bonds. The molecule has 5 atom stereocenters. The van der Waals surface area contributed by atoms with E-state index in [1.165, 1.54) is 0 Å². The molecular formula is C82H70Br2ClN23O2. The number of anilines is 5. The van der Waals surface area contributed by atoms with Crippen molar-refractivity contribution in [1.29, 1.82) is 5.26 Å². The number of aromatic nitrogens is 12. The molecule has 5 aliphatic heterocycles. The molecule has 11 aromatic rings. The minimum absolute atomic E-state index is 0.0522. The summed E-state index contributed by atoms with van der Waals surface area (Å²) in [6, 6.07) is 37.2. The van der Waals surface area contributed by atoms with Crippen molar-refractivity contribution in [2.24, 2.45) is 29.6 Å². The highest BCUT2D eigenvalue weighted by Crippen LogP contribution is 2.54. The summed E-state index contributed by atoms with van der Waals surface area (Å²) in [5.41, 5.74) is 20.2. The molecule has 0 saturated heterocycles. The van der Waals surface area contributed by atoms with Gasteiger partial charge in [-0.05, 0) is 153 Å². The van der Waals surface area contributed by atoms with Gasteiger partial charge in [0.15, 0.2) is 28.5 Å². The van der Waals surface area contributed by atoms with Crippen LogP contribution in [-0.4, -0.2) is 68.4 Å².